The molecule has 0 bridgehead atoms. The molecule has 4 nitrogen and oxygen atoms in total. The van der Waals surface area contributed by atoms with E-state index in [1.165, 1.54) is 0 Å². The summed E-state index contributed by atoms with van der Waals surface area (Å²) in [5.74, 6) is 2.50. The Morgan fingerprint density at radius 1 is 0.760 bits per heavy atom. The number of aromatic nitrogens is 2. The summed E-state index contributed by atoms with van der Waals surface area (Å²) in [5, 5.41) is 0. The zero-order chi connectivity index (χ0) is 17.2. The third kappa shape index (κ3) is 2.72. The molecule has 0 saturated carbocycles. The van der Waals surface area contributed by atoms with Crippen LogP contribution in [0.15, 0.2) is 72.9 Å². The van der Waals surface area contributed by atoms with Crippen LogP contribution in [0, 0.1) is 0 Å². The Hall–Kier alpha value is -3.27. The first-order valence-corrected chi connectivity index (χ1v) is 8.11. The Morgan fingerprint density at radius 3 is 2.12 bits per heavy atom. The molecule has 0 radical (unpaired) electrons. The number of hydrogen-bond donors (Lipinski definition) is 1. The van der Waals surface area contributed by atoms with Crippen molar-refractivity contribution in [3.05, 3.63) is 72.9 Å². The highest BCUT2D eigenvalue weighted by Crippen LogP contribution is 2.30. The van der Waals surface area contributed by atoms with Gasteiger partial charge in [0.15, 0.2) is 11.2 Å². The highest BCUT2D eigenvalue weighted by Gasteiger charge is 2.21. The average molecular weight is 331 g/mol. The van der Waals surface area contributed by atoms with Gasteiger partial charge in [0.1, 0.15) is 11.5 Å². The van der Waals surface area contributed by atoms with Gasteiger partial charge in [-0.3, -0.25) is 0 Å². The van der Waals surface area contributed by atoms with Crippen LogP contribution in [0.4, 0.5) is 0 Å². The lowest BCUT2D eigenvalue weighted by molar-refractivity contribution is -0.498. The fourth-order valence-electron chi connectivity index (χ4n) is 3.06. The summed E-state index contributed by atoms with van der Waals surface area (Å²) in [6, 6.07) is 22.4. The second kappa shape index (κ2) is 6.32. The number of pyridine rings is 1. The van der Waals surface area contributed by atoms with Crippen molar-refractivity contribution in [2.24, 2.45) is 0 Å². The van der Waals surface area contributed by atoms with Gasteiger partial charge in [-0.15, -0.1) is 0 Å². The van der Waals surface area contributed by atoms with Gasteiger partial charge in [-0.1, -0.05) is 36.4 Å². The topological polar surface area (TPSA) is 38.4 Å². The molecule has 0 spiro atoms. The predicted octanol–water partition coefficient (Wildman–Crippen LogP) is 4.10. The van der Waals surface area contributed by atoms with Gasteiger partial charge in [-0.05, 0) is 24.3 Å². The van der Waals surface area contributed by atoms with Gasteiger partial charge in [-0.25, -0.2) is 4.98 Å². The van der Waals surface area contributed by atoms with Crippen molar-refractivity contribution >= 4 is 5.52 Å². The summed E-state index contributed by atoms with van der Waals surface area (Å²) in [4.78, 5) is 3.58. The van der Waals surface area contributed by atoms with Crippen LogP contribution in [0.25, 0.3) is 28.2 Å². The van der Waals surface area contributed by atoms with Gasteiger partial charge < -0.3 is 9.47 Å². The minimum Gasteiger partial charge on any atom is -0.497 e. The third-order valence-electron chi connectivity index (χ3n) is 4.29. The summed E-state index contributed by atoms with van der Waals surface area (Å²) in [6.07, 6.45) is 2.06. The maximum atomic E-state index is 5.42. The lowest BCUT2D eigenvalue weighted by Gasteiger charge is -2.05. The van der Waals surface area contributed by atoms with Crippen molar-refractivity contribution in [2.45, 2.75) is 0 Å². The molecule has 124 valence electrons. The van der Waals surface area contributed by atoms with Gasteiger partial charge >= 0.3 is 0 Å². The average Bonchev–Trinajstić information content (AvgIpc) is 3.08. The fourth-order valence-corrected chi connectivity index (χ4v) is 3.06. The van der Waals surface area contributed by atoms with E-state index in [1.807, 2.05) is 48.5 Å². The van der Waals surface area contributed by atoms with E-state index in [2.05, 4.69) is 33.8 Å². The molecule has 4 rings (SSSR count). The molecular formula is C21H19N2O2+. The molecule has 0 atom stereocenters. The number of ether oxygens (including phenoxy) is 2. The van der Waals surface area contributed by atoms with Crippen molar-refractivity contribution in [3.63, 3.8) is 0 Å². The first kappa shape index (κ1) is 15.3. The number of hydrogen-bond acceptors (Lipinski definition) is 2. The van der Waals surface area contributed by atoms with E-state index < -0.39 is 0 Å². The molecule has 25 heavy (non-hydrogen) atoms. The highest BCUT2D eigenvalue weighted by atomic mass is 16.5. The Kier molecular flexibility index (Phi) is 3.86. The van der Waals surface area contributed by atoms with Gasteiger partial charge in [0.2, 0.25) is 0 Å². The van der Waals surface area contributed by atoms with Crippen LogP contribution in [-0.4, -0.2) is 19.2 Å². The van der Waals surface area contributed by atoms with Crippen molar-refractivity contribution in [1.29, 1.82) is 0 Å². The minimum absolute atomic E-state index is 0.759. The van der Waals surface area contributed by atoms with Crippen LogP contribution in [0.5, 0.6) is 11.5 Å². The molecule has 0 saturated heterocycles. The summed E-state index contributed by atoms with van der Waals surface area (Å²) < 4.78 is 13.0. The molecule has 0 aliphatic heterocycles. The number of nitrogens with one attached hydrogen (secondary N) is 1. The van der Waals surface area contributed by atoms with Crippen LogP contribution in [0.2, 0.25) is 0 Å². The van der Waals surface area contributed by atoms with Gasteiger partial charge in [0.25, 0.3) is 5.82 Å². The quantitative estimate of drug-likeness (QED) is 0.572. The highest BCUT2D eigenvalue weighted by molar-refractivity contribution is 5.77. The number of aromatic amines is 1. The van der Waals surface area contributed by atoms with Crippen molar-refractivity contribution in [3.8, 4) is 34.1 Å². The van der Waals surface area contributed by atoms with Crippen LogP contribution in [0.1, 0.15) is 0 Å². The number of benzene rings is 2. The van der Waals surface area contributed by atoms with Crippen molar-refractivity contribution in [1.82, 2.24) is 4.98 Å². The Morgan fingerprint density at radius 2 is 1.44 bits per heavy atom. The fraction of sp³-hybridized carbons (Fsp3) is 0.0952. The summed E-state index contributed by atoms with van der Waals surface area (Å²) in [5.41, 5.74) is 4.34. The largest absolute Gasteiger partial charge is 0.497 e. The first-order valence-electron chi connectivity index (χ1n) is 8.11. The number of imidazole rings is 1. The van der Waals surface area contributed by atoms with E-state index in [-0.39, 0.29) is 0 Å². The number of methoxy groups -OCH3 is 2. The molecule has 2 aromatic carbocycles. The minimum atomic E-state index is 0.759. The Labute approximate surface area is 146 Å². The van der Waals surface area contributed by atoms with E-state index in [1.54, 1.807) is 14.2 Å². The molecule has 2 aromatic heterocycles. The van der Waals surface area contributed by atoms with Gasteiger partial charge in [0.05, 0.1) is 26.0 Å². The van der Waals surface area contributed by atoms with E-state index in [4.69, 9.17) is 9.47 Å². The Balaban J connectivity index is 1.98. The van der Waals surface area contributed by atoms with E-state index >= 15 is 0 Å². The number of fused-ring (bicyclic) bond motifs is 1. The normalized spacial score (nSPS) is 10.8. The summed E-state index contributed by atoms with van der Waals surface area (Å²) in [7, 11) is 3.32. The van der Waals surface area contributed by atoms with Gasteiger partial charge in [0, 0.05) is 11.6 Å². The second-order valence-electron chi connectivity index (χ2n) is 5.77. The molecular weight excluding hydrogens is 312 g/mol. The lowest BCUT2D eigenvalue weighted by Crippen LogP contribution is -2.21. The number of rotatable bonds is 4. The number of nitrogens with zero attached hydrogens (tertiary/aromatic N) is 1. The predicted molar refractivity (Wildman–Crippen MR) is 97.9 cm³/mol. The van der Waals surface area contributed by atoms with E-state index in [9.17, 15) is 0 Å². The second-order valence-corrected chi connectivity index (χ2v) is 5.77. The van der Waals surface area contributed by atoms with Crippen LogP contribution in [0.3, 0.4) is 0 Å². The van der Waals surface area contributed by atoms with Gasteiger partial charge in [-0.2, -0.15) is 4.40 Å². The van der Waals surface area contributed by atoms with Crippen LogP contribution < -0.4 is 13.9 Å². The number of H-pyrrole nitrogens is 1. The molecule has 0 fully saturated rings. The Bertz CT molecular complexity index is 1000. The molecule has 4 aromatic rings. The maximum absolute atomic E-state index is 5.42. The molecule has 0 amide bonds. The molecule has 2 heterocycles. The zero-order valence-corrected chi connectivity index (χ0v) is 14.2. The van der Waals surface area contributed by atoms with Crippen molar-refractivity contribution in [2.75, 3.05) is 14.2 Å². The van der Waals surface area contributed by atoms with E-state index in [0.29, 0.717) is 0 Å². The standard InChI is InChI=1S/C21H18N2O2/c1-24-17-12-16(13-18(14-17)25-2)21-22-20(15-8-4-3-5-9-15)19-10-6-7-11-23(19)21/h3-14H,1-2H3/p+1. The smallest absolute Gasteiger partial charge is 0.292 e. The van der Waals surface area contributed by atoms with E-state index in [0.717, 1.165) is 39.7 Å². The first-order chi connectivity index (χ1) is 12.3. The molecule has 0 aliphatic carbocycles. The third-order valence-corrected chi connectivity index (χ3v) is 4.29. The molecule has 0 aliphatic rings. The monoisotopic (exact) mass is 331 g/mol. The molecule has 0 unspecified atom stereocenters. The van der Waals surface area contributed by atoms with Crippen molar-refractivity contribution < 1.29 is 13.9 Å². The summed E-state index contributed by atoms with van der Waals surface area (Å²) in [6.45, 7) is 0. The van der Waals surface area contributed by atoms with Crippen LogP contribution in [-0.2, 0) is 0 Å². The SMILES string of the molecule is COc1cc(OC)cc(-c2[nH]c(-c3ccccc3)c3cccc[n+]23)c1. The molecule has 1 N–H and O–H groups in total. The van der Waals surface area contributed by atoms with Crippen LogP contribution >= 0.6 is 0 Å². The maximum Gasteiger partial charge on any atom is 0.292 e. The molecule has 4 heteroatoms. The zero-order valence-electron chi connectivity index (χ0n) is 14.2. The summed E-state index contributed by atoms with van der Waals surface area (Å²) >= 11 is 0. The lowest BCUT2D eigenvalue weighted by atomic mass is 10.1.